The van der Waals surface area contributed by atoms with Crippen LogP contribution in [0.1, 0.15) is 34.6 Å². The summed E-state index contributed by atoms with van der Waals surface area (Å²) in [6.45, 7) is 8.16. The van der Waals surface area contributed by atoms with Crippen LogP contribution in [0.15, 0.2) is 0 Å². The molecule has 0 aliphatic heterocycles. The van der Waals surface area contributed by atoms with Gasteiger partial charge in [0, 0.05) is 19.8 Å². The van der Waals surface area contributed by atoms with Crippen LogP contribution in [0.5, 0.6) is 0 Å². The Kier molecular flexibility index (Phi) is 13.1. The largest absolute Gasteiger partial charge is 0.449 e. The molecular weight excluding hydrogens is 298 g/mol. The topological polar surface area (TPSA) is 90.9 Å². The van der Waals surface area contributed by atoms with Crippen LogP contribution < -0.4 is 5.32 Å². The summed E-state index contributed by atoms with van der Waals surface area (Å²) in [5.74, 6) is -1.81. The fourth-order valence-electron chi connectivity index (χ4n) is 1.04. The van der Waals surface area contributed by atoms with Crippen LogP contribution in [0.25, 0.3) is 0 Å². The molecule has 3 atom stereocenters. The fourth-order valence-corrected chi connectivity index (χ4v) is 1.28. The third-order valence-electron chi connectivity index (χ3n) is 2.08. The summed E-state index contributed by atoms with van der Waals surface area (Å²) in [6.07, 6.45) is -1.83. The molecule has 0 aliphatic rings. The molecule has 0 aromatic carbocycles. The van der Waals surface area contributed by atoms with E-state index in [-0.39, 0.29) is 11.7 Å². The van der Waals surface area contributed by atoms with Crippen molar-refractivity contribution in [3.05, 3.63) is 0 Å². The molecule has 0 rings (SSSR count). The molecule has 0 aromatic rings. The molecule has 0 heterocycles. The lowest BCUT2D eigenvalue weighted by Crippen LogP contribution is -2.44. The van der Waals surface area contributed by atoms with E-state index >= 15 is 0 Å². The second-order valence-electron chi connectivity index (χ2n) is 3.76. The fraction of sp³-hybridized carbons (Fsp3) is 0.769. The maximum Gasteiger partial charge on any atom is 0.349 e. The minimum absolute atomic E-state index is 0.0641. The van der Waals surface area contributed by atoms with Gasteiger partial charge in [0.05, 0.1) is 0 Å². The highest BCUT2D eigenvalue weighted by Crippen LogP contribution is 2.02. The van der Waals surface area contributed by atoms with Crippen molar-refractivity contribution in [2.24, 2.45) is 0 Å². The number of methoxy groups -OCH3 is 1. The molecule has 0 saturated heterocycles. The van der Waals surface area contributed by atoms with E-state index in [1.807, 2.05) is 13.8 Å². The Morgan fingerprint density at radius 2 is 1.62 bits per heavy atom. The first-order chi connectivity index (χ1) is 9.81. The number of thiol groups is 1. The Balaban J connectivity index is 0. The van der Waals surface area contributed by atoms with Gasteiger partial charge in [0.15, 0.2) is 12.4 Å². The second-order valence-corrected chi connectivity index (χ2v) is 4.12. The molecule has 0 radical (unpaired) electrons. The van der Waals surface area contributed by atoms with Gasteiger partial charge in [-0.1, -0.05) is 13.8 Å². The van der Waals surface area contributed by atoms with Gasteiger partial charge >= 0.3 is 11.9 Å². The SMILES string of the molecule is CC.COC(C)OC(=O)C(C)OC(=O)C(CS)NC(C)=O. The Morgan fingerprint density at radius 3 is 2.00 bits per heavy atom. The second kappa shape index (κ2) is 12.5. The Bertz CT molecular complexity index is 337. The number of rotatable bonds is 7. The van der Waals surface area contributed by atoms with E-state index in [1.54, 1.807) is 0 Å². The Labute approximate surface area is 131 Å². The molecule has 124 valence electrons. The lowest BCUT2D eigenvalue weighted by atomic mass is 10.3. The molecule has 0 fully saturated rings. The molecule has 0 aliphatic carbocycles. The minimum atomic E-state index is -1.10. The van der Waals surface area contributed by atoms with E-state index in [4.69, 9.17) is 14.2 Å². The van der Waals surface area contributed by atoms with E-state index < -0.39 is 30.4 Å². The summed E-state index contributed by atoms with van der Waals surface area (Å²) in [5.41, 5.74) is 0. The molecule has 0 bridgehead atoms. The Morgan fingerprint density at radius 1 is 1.10 bits per heavy atom. The first-order valence-corrected chi connectivity index (χ1v) is 7.26. The third kappa shape index (κ3) is 10.1. The van der Waals surface area contributed by atoms with E-state index in [2.05, 4.69) is 17.9 Å². The normalized spacial score (nSPS) is 13.9. The average Bonchev–Trinajstić information content (AvgIpc) is 2.45. The van der Waals surface area contributed by atoms with Crippen molar-refractivity contribution >= 4 is 30.5 Å². The van der Waals surface area contributed by atoms with Crippen LogP contribution in [0.2, 0.25) is 0 Å². The smallest absolute Gasteiger partial charge is 0.349 e. The number of carbonyl (C=O) groups excluding carboxylic acids is 3. The molecular formula is C13H25NO6S. The number of carbonyl (C=O) groups is 3. The zero-order chi connectivity index (χ0) is 17.0. The zero-order valence-corrected chi connectivity index (χ0v) is 14.2. The minimum Gasteiger partial charge on any atom is -0.449 e. The number of hydrogen-bond donors (Lipinski definition) is 2. The number of esters is 2. The summed E-state index contributed by atoms with van der Waals surface area (Å²) < 4.78 is 14.4. The van der Waals surface area contributed by atoms with Gasteiger partial charge in [0.2, 0.25) is 5.91 Å². The number of amides is 1. The quantitative estimate of drug-likeness (QED) is 0.411. The van der Waals surface area contributed by atoms with Crippen molar-refractivity contribution in [2.75, 3.05) is 12.9 Å². The van der Waals surface area contributed by atoms with E-state index in [1.165, 1.54) is 27.9 Å². The van der Waals surface area contributed by atoms with Gasteiger partial charge in [-0.05, 0) is 13.8 Å². The molecule has 7 nitrogen and oxygen atoms in total. The Hall–Kier alpha value is -1.28. The number of ether oxygens (including phenoxy) is 3. The number of nitrogens with one attached hydrogen (secondary N) is 1. The molecule has 3 unspecified atom stereocenters. The highest BCUT2D eigenvalue weighted by Gasteiger charge is 2.26. The first-order valence-electron chi connectivity index (χ1n) is 6.63. The predicted molar refractivity (Wildman–Crippen MR) is 80.9 cm³/mol. The summed E-state index contributed by atoms with van der Waals surface area (Å²) in [7, 11) is 1.38. The maximum absolute atomic E-state index is 11.7. The average molecular weight is 323 g/mol. The van der Waals surface area contributed by atoms with Crippen LogP contribution in [0, 0.1) is 0 Å². The van der Waals surface area contributed by atoms with Crippen LogP contribution in [0.3, 0.4) is 0 Å². The van der Waals surface area contributed by atoms with Crippen molar-refractivity contribution in [1.29, 1.82) is 0 Å². The molecule has 8 heteroatoms. The lowest BCUT2D eigenvalue weighted by molar-refractivity contribution is -0.185. The molecule has 0 spiro atoms. The zero-order valence-electron chi connectivity index (χ0n) is 13.3. The molecule has 21 heavy (non-hydrogen) atoms. The van der Waals surface area contributed by atoms with Gasteiger partial charge in [-0.2, -0.15) is 12.6 Å². The van der Waals surface area contributed by atoms with E-state index in [9.17, 15) is 14.4 Å². The maximum atomic E-state index is 11.7. The van der Waals surface area contributed by atoms with Gasteiger partial charge in [0.25, 0.3) is 0 Å². The van der Waals surface area contributed by atoms with Crippen molar-refractivity contribution in [2.45, 2.75) is 53.1 Å². The van der Waals surface area contributed by atoms with Gasteiger partial charge in [-0.25, -0.2) is 9.59 Å². The van der Waals surface area contributed by atoms with Crippen LogP contribution in [-0.2, 0) is 28.6 Å². The van der Waals surface area contributed by atoms with Crippen LogP contribution >= 0.6 is 12.6 Å². The first kappa shape index (κ1) is 22.0. The van der Waals surface area contributed by atoms with Gasteiger partial charge in [-0.15, -0.1) is 0 Å². The molecule has 0 saturated carbocycles. The standard InChI is InChI=1S/C11H19NO6S.C2H6/c1-6(10(14)18-8(3)16-4)17-11(15)9(5-19)12-7(2)13;1-2/h6,8-9,19H,5H2,1-4H3,(H,12,13);1-2H3. The predicted octanol–water partition coefficient (Wildman–Crippen LogP) is 0.914. The van der Waals surface area contributed by atoms with Crippen molar-refractivity contribution < 1.29 is 28.6 Å². The molecule has 1 amide bonds. The lowest BCUT2D eigenvalue weighted by Gasteiger charge is -2.19. The van der Waals surface area contributed by atoms with Crippen LogP contribution in [0.4, 0.5) is 0 Å². The molecule has 0 aromatic heterocycles. The third-order valence-corrected chi connectivity index (χ3v) is 2.45. The van der Waals surface area contributed by atoms with E-state index in [0.29, 0.717) is 0 Å². The summed E-state index contributed by atoms with van der Waals surface area (Å²) in [6, 6.07) is -0.907. The summed E-state index contributed by atoms with van der Waals surface area (Å²) in [4.78, 5) is 34.0. The van der Waals surface area contributed by atoms with Crippen LogP contribution in [-0.4, -0.2) is 49.1 Å². The van der Waals surface area contributed by atoms with Crippen molar-refractivity contribution in [3.8, 4) is 0 Å². The monoisotopic (exact) mass is 323 g/mol. The van der Waals surface area contributed by atoms with Crippen molar-refractivity contribution in [3.63, 3.8) is 0 Å². The van der Waals surface area contributed by atoms with Gasteiger partial charge in [0.1, 0.15) is 6.04 Å². The summed E-state index contributed by atoms with van der Waals surface area (Å²) in [5, 5.41) is 2.36. The highest BCUT2D eigenvalue weighted by molar-refractivity contribution is 7.80. The van der Waals surface area contributed by atoms with E-state index in [0.717, 1.165) is 0 Å². The van der Waals surface area contributed by atoms with Gasteiger partial charge < -0.3 is 19.5 Å². The van der Waals surface area contributed by atoms with Gasteiger partial charge in [-0.3, -0.25) is 4.79 Å². The summed E-state index contributed by atoms with van der Waals surface area (Å²) >= 11 is 3.92. The van der Waals surface area contributed by atoms with Crippen molar-refractivity contribution in [1.82, 2.24) is 5.32 Å². The molecule has 1 N–H and O–H groups in total. The highest BCUT2D eigenvalue weighted by atomic mass is 32.1. The number of hydrogen-bond acceptors (Lipinski definition) is 7.